The highest BCUT2D eigenvalue weighted by Crippen LogP contribution is 2.17. The van der Waals surface area contributed by atoms with Gasteiger partial charge in [-0.3, -0.25) is 4.79 Å². The van der Waals surface area contributed by atoms with Crippen LogP contribution in [0.1, 0.15) is 5.56 Å². The number of H-pyrrole nitrogens is 1. The topological polar surface area (TPSA) is 88.3 Å². The van der Waals surface area contributed by atoms with Gasteiger partial charge in [0.15, 0.2) is 5.75 Å². The summed E-state index contributed by atoms with van der Waals surface area (Å²) in [7, 11) is -2.48. The van der Waals surface area contributed by atoms with Crippen molar-refractivity contribution in [2.24, 2.45) is 0 Å². The summed E-state index contributed by atoms with van der Waals surface area (Å²) in [5.74, 6) is -1.43. The summed E-state index contributed by atoms with van der Waals surface area (Å²) in [6.45, 7) is 0.237. The molecule has 6 nitrogen and oxygen atoms in total. The molecule has 0 amide bonds. The second-order valence-corrected chi connectivity index (χ2v) is 6.15. The lowest BCUT2D eigenvalue weighted by molar-refractivity contribution is -0.137. The lowest BCUT2D eigenvalue weighted by Gasteiger charge is -2.05. The van der Waals surface area contributed by atoms with Gasteiger partial charge in [-0.25, -0.2) is 13.1 Å². The van der Waals surface area contributed by atoms with Crippen molar-refractivity contribution in [2.75, 3.05) is 19.4 Å². The Labute approximate surface area is 117 Å². The van der Waals surface area contributed by atoms with E-state index in [1.165, 1.54) is 0 Å². The van der Waals surface area contributed by atoms with Gasteiger partial charge in [0.2, 0.25) is 10.0 Å². The monoisotopic (exact) mass is 296 g/mol. The van der Waals surface area contributed by atoms with Gasteiger partial charge >= 0.3 is 5.97 Å². The van der Waals surface area contributed by atoms with Gasteiger partial charge in [-0.1, -0.05) is 18.2 Å². The first-order chi connectivity index (χ1) is 9.52. The van der Waals surface area contributed by atoms with E-state index in [9.17, 15) is 13.2 Å². The number of nitrogens with one attached hydrogen (secondary N) is 2. The van der Waals surface area contributed by atoms with E-state index in [4.69, 9.17) is 0 Å². The fourth-order valence-electron chi connectivity index (χ4n) is 1.94. The molecule has 20 heavy (non-hydrogen) atoms. The standard InChI is InChI=1S/C13H16N2O4S/c1-19-13(16)9-20(17,18)15-7-6-10-8-14-12-5-3-2-4-11(10)12/h2-5,8,14-15H,6-7,9H2,1H3. The minimum Gasteiger partial charge on any atom is -0.468 e. The summed E-state index contributed by atoms with van der Waals surface area (Å²) in [6, 6.07) is 7.80. The van der Waals surface area contributed by atoms with Crippen LogP contribution in [0.15, 0.2) is 30.5 Å². The van der Waals surface area contributed by atoms with Crippen LogP contribution in [0.5, 0.6) is 0 Å². The van der Waals surface area contributed by atoms with Crippen molar-refractivity contribution >= 4 is 26.9 Å². The second-order valence-electron chi connectivity index (χ2n) is 4.34. The van der Waals surface area contributed by atoms with Crippen molar-refractivity contribution < 1.29 is 17.9 Å². The van der Waals surface area contributed by atoms with Gasteiger partial charge in [0, 0.05) is 23.6 Å². The largest absolute Gasteiger partial charge is 0.468 e. The molecule has 0 radical (unpaired) electrons. The molecule has 0 unspecified atom stereocenters. The van der Waals surface area contributed by atoms with Crippen molar-refractivity contribution in [1.29, 1.82) is 0 Å². The molecular weight excluding hydrogens is 280 g/mol. The lowest BCUT2D eigenvalue weighted by atomic mass is 10.1. The number of fused-ring (bicyclic) bond motifs is 1. The van der Waals surface area contributed by atoms with E-state index in [0.29, 0.717) is 6.42 Å². The zero-order valence-electron chi connectivity index (χ0n) is 11.0. The van der Waals surface area contributed by atoms with Crippen LogP contribution in [-0.4, -0.2) is 38.8 Å². The highest BCUT2D eigenvalue weighted by Gasteiger charge is 2.16. The summed E-state index contributed by atoms with van der Waals surface area (Å²) >= 11 is 0. The van der Waals surface area contributed by atoms with Crippen LogP contribution < -0.4 is 4.72 Å². The number of aromatic amines is 1. The Hall–Kier alpha value is -1.86. The Morgan fingerprint density at radius 3 is 2.85 bits per heavy atom. The number of carbonyl (C=O) groups excluding carboxylic acids is 1. The molecule has 0 aliphatic rings. The quantitative estimate of drug-likeness (QED) is 0.772. The highest BCUT2D eigenvalue weighted by atomic mass is 32.2. The van der Waals surface area contributed by atoms with Crippen molar-refractivity contribution in [3.63, 3.8) is 0 Å². The predicted octanol–water partition coefficient (Wildman–Crippen LogP) is 0.803. The number of para-hydroxylation sites is 1. The maximum absolute atomic E-state index is 11.6. The molecule has 0 aliphatic carbocycles. The van der Waals surface area contributed by atoms with Gasteiger partial charge < -0.3 is 9.72 Å². The Bertz CT molecular complexity index is 706. The van der Waals surface area contributed by atoms with Gasteiger partial charge in [0.05, 0.1) is 7.11 Å². The van der Waals surface area contributed by atoms with E-state index in [-0.39, 0.29) is 6.54 Å². The molecule has 0 spiro atoms. The van der Waals surface area contributed by atoms with E-state index in [1.54, 1.807) is 0 Å². The van der Waals surface area contributed by atoms with Gasteiger partial charge in [-0.05, 0) is 18.1 Å². The normalized spacial score (nSPS) is 11.7. The van der Waals surface area contributed by atoms with Crippen LogP contribution in [0.4, 0.5) is 0 Å². The Kier molecular flexibility index (Phi) is 4.41. The number of aromatic nitrogens is 1. The summed E-state index contributed by atoms with van der Waals surface area (Å²) in [6.07, 6.45) is 2.41. The Morgan fingerprint density at radius 2 is 2.10 bits per heavy atom. The molecule has 0 bridgehead atoms. The van der Waals surface area contributed by atoms with E-state index >= 15 is 0 Å². The van der Waals surface area contributed by atoms with E-state index in [0.717, 1.165) is 23.6 Å². The molecule has 108 valence electrons. The van der Waals surface area contributed by atoms with Crippen molar-refractivity contribution in [3.05, 3.63) is 36.0 Å². The molecule has 2 N–H and O–H groups in total. The molecule has 0 aliphatic heterocycles. The summed E-state index contributed by atoms with van der Waals surface area (Å²) in [4.78, 5) is 14.1. The number of hydrogen-bond acceptors (Lipinski definition) is 4. The van der Waals surface area contributed by atoms with Crippen LogP contribution in [0.25, 0.3) is 10.9 Å². The average Bonchev–Trinajstić information content (AvgIpc) is 2.81. The number of carbonyl (C=O) groups is 1. The number of ether oxygens (including phenoxy) is 1. The van der Waals surface area contributed by atoms with Crippen LogP contribution in [0.3, 0.4) is 0 Å². The molecule has 2 aromatic rings. The summed E-state index contributed by atoms with van der Waals surface area (Å²) in [5.41, 5.74) is 2.04. The molecule has 2 rings (SSSR count). The molecule has 1 heterocycles. The number of benzene rings is 1. The Balaban J connectivity index is 1.94. The predicted molar refractivity (Wildman–Crippen MR) is 75.8 cm³/mol. The second kappa shape index (κ2) is 6.06. The van der Waals surface area contributed by atoms with Crippen LogP contribution >= 0.6 is 0 Å². The third-order valence-corrected chi connectivity index (χ3v) is 4.19. The highest BCUT2D eigenvalue weighted by molar-refractivity contribution is 7.90. The first-order valence-electron chi connectivity index (χ1n) is 6.11. The molecule has 0 atom stereocenters. The van der Waals surface area contributed by atoms with Gasteiger partial charge in [0.1, 0.15) is 0 Å². The number of esters is 1. The SMILES string of the molecule is COC(=O)CS(=O)(=O)NCCc1c[nH]c2ccccc12. The minimum absolute atomic E-state index is 0.237. The van der Waals surface area contributed by atoms with Gasteiger partial charge in [-0.15, -0.1) is 0 Å². The third kappa shape index (κ3) is 3.58. The summed E-state index contributed by atoms with van der Waals surface area (Å²) < 4.78 is 29.9. The smallest absolute Gasteiger partial charge is 0.322 e. The molecule has 1 aromatic heterocycles. The third-order valence-electron chi connectivity index (χ3n) is 2.93. The van der Waals surface area contributed by atoms with Crippen LogP contribution in [0.2, 0.25) is 0 Å². The fraction of sp³-hybridized carbons (Fsp3) is 0.308. The number of hydrogen-bond donors (Lipinski definition) is 2. The zero-order valence-corrected chi connectivity index (χ0v) is 11.9. The molecule has 1 aromatic carbocycles. The van der Waals surface area contributed by atoms with Gasteiger partial charge in [0.25, 0.3) is 0 Å². The van der Waals surface area contributed by atoms with E-state index < -0.39 is 21.7 Å². The molecule has 0 saturated heterocycles. The van der Waals surface area contributed by atoms with Crippen molar-refractivity contribution in [2.45, 2.75) is 6.42 Å². The van der Waals surface area contributed by atoms with Crippen molar-refractivity contribution in [1.82, 2.24) is 9.71 Å². The average molecular weight is 296 g/mol. The molecule has 0 saturated carbocycles. The number of sulfonamides is 1. The maximum atomic E-state index is 11.6. The Morgan fingerprint density at radius 1 is 1.35 bits per heavy atom. The molecular formula is C13H16N2O4S. The first kappa shape index (κ1) is 14.5. The summed E-state index contributed by atoms with van der Waals surface area (Å²) in [5, 5.41) is 1.07. The van der Waals surface area contributed by atoms with E-state index in [1.807, 2.05) is 30.5 Å². The van der Waals surface area contributed by atoms with Crippen LogP contribution in [-0.2, 0) is 26.0 Å². The molecule has 0 fully saturated rings. The van der Waals surface area contributed by atoms with Crippen molar-refractivity contribution in [3.8, 4) is 0 Å². The van der Waals surface area contributed by atoms with Crippen LogP contribution in [0, 0.1) is 0 Å². The van der Waals surface area contributed by atoms with Gasteiger partial charge in [-0.2, -0.15) is 0 Å². The lowest BCUT2D eigenvalue weighted by Crippen LogP contribution is -2.32. The molecule has 7 heteroatoms. The fourth-order valence-corrected chi connectivity index (χ4v) is 2.89. The first-order valence-corrected chi connectivity index (χ1v) is 7.76. The number of rotatable bonds is 6. The maximum Gasteiger partial charge on any atom is 0.322 e. The van der Waals surface area contributed by atoms with E-state index in [2.05, 4.69) is 14.4 Å². The zero-order chi connectivity index (χ0) is 14.6. The number of methoxy groups -OCH3 is 1. The minimum atomic E-state index is -3.63.